The molecule has 2 aromatic carbocycles. The molecule has 0 spiro atoms. The number of anilines is 1. The molecule has 1 saturated carbocycles. The molecule has 1 heterocycles. The summed E-state index contributed by atoms with van der Waals surface area (Å²) in [6.07, 6.45) is 4.55. The van der Waals surface area contributed by atoms with Crippen molar-refractivity contribution < 1.29 is 28.2 Å². The van der Waals surface area contributed by atoms with Crippen LogP contribution in [0.1, 0.15) is 49.4 Å². The van der Waals surface area contributed by atoms with Crippen molar-refractivity contribution in [2.75, 3.05) is 18.5 Å². The highest BCUT2D eigenvalue weighted by Crippen LogP contribution is 2.41. The van der Waals surface area contributed by atoms with Gasteiger partial charge in [0.1, 0.15) is 17.6 Å². The van der Waals surface area contributed by atoms with Gasteiger partial charge >= 0.3 is 5.97 Å². The van der Waals surface area contributed by atoms with E-state index in [1.54, 1.807) is 36.1 Å². The molecule has 2 amide bonds. The van der Waals surface area contributed by atoms with Crippen molar-refractivity contribution in [3.8, 4) is 5.75 Å². The molecule has 7 nitrogen and oxygen atoms in total. The molecule has 0 bridgehead atoms. The van der Waals surface area contributed by atoms with E-state index in [0.717, 1.165) is 25.7 Å². The van der Waals surface area contributed by atoms with Gasteiger partial charge in [-0.05, 0) is 68.5 Å². The third-order valence-corrected chi connectivity index (χ3v) is 6.48. The quantitative estimate of drug-likeness (QED) is 0.617. The highest BCUT2D eigenvalue weighted by atomic mass is 19.1. The van der Waals surface area contributed by atoms with Crippen molar-refractivity contribution in [2.45, 2.75) is 51.1 Å². The normalized spacial score (nSPS) is 21.5. The second kappa shape index (κ2) is 10.7. The Kier molecular flexibility index (Phi) is 7.45. The molecule has 34 heavy (non-hydrogen) atoms. The average molecular weight is 469 g/mol. The molecule has 4 rings (SSSR count). The molecule has 180 valence electrons. The zero-order valence-electron chi connectivity index (χ0n) is 19.2. The molecule has 0 unspecified atom stereocenters. The number of carbonyl (C=O) groups is 3. The van der Waals surface area contributed by atoms with Crippen molar-refractivity contribution in [1.29, 1.82) is 0 Å². The van der Waals surface area contributed by atoms with Crippen molar-refractivity contribution in [2.24, 2.45) is 5.92 Å². The standard InChI is InChI=1S/C26H29FN2O5/c1-2-33-24(30)16-34-21-8-5-7-20(15-21)28-25(31)23-14-18-6-3-4-9-22(18)29(23)26(32)17-10-12-19(27)13-11-17/h5,7-8,10-13,15,18,22-23H,2-4,6,9,14,16H2,1H3,(H,28,31)/t18-,22+,23+/m1/s1. The van der Waals surface area contributed by atoms with Crippen LogP contribution in [0, 0.1) is 11.7 Å². The van der Waals surface area contributed by atoms with Crippen LogP contribution in [0.25, 0.3) is 0 Å². The number of rotatable bonds is 7. The van der Waals surface area contributed by atoms with Crippen molar-refractivity contribution in [3.05, 3.63) is 59.9 Å². The third-order valence-electron chi connectivity index (χ3n) is 6.48. The first kappa shape index (κ1) is 23.7. The van der Waals surface area contributed by atoms with Gasteiger partial charge in [-0.3, -0.25) is 9.59 Å². The number of fused-ring (bicyclic) bond motifs is 1. The largest absolute Gasteiger partial charge is 0.482 e. The SMILES string of the molecule is CCOC(=O)COc1cccc(NC(=O)[C@@H]2C[C@H]3CCCC[C@@H]3N2C(=O)c2ccc(F)cc2)c1. The number of ether oxygens (including phenoxy) is 2. The van der Waals surface area contributed by atoms with Crippen LogP contribution >= 0.6 is 0 Å². The van der Waals surface area contributed by atoms with Crippen LogP contribution in [0.3, 0.4) is 0 Å². The fraction of sp³-hybridized carbons (Fsp3) is 0.423. The van der Waals surface area contributed by atoms with Gasteiger partial charge in [-0.15, -0.1) is 0 Å². The molecule has 1 N–H and O–H groups in total. The molecule has 2 fully saturated rings. The lowest BCUT2D eigenvalue weighted by Crippen LogP contribution is -2.47. The van der Waals surface area contributed by atoms with Gasteiger partial charge in [0.15, 0.2) is 6.61 Å². The Labute approximate surface area is 198 Å². The number of likely N-dealkylation sites (tertiary alicyclic amines) is 1. The fourth-order valence-electron chi connectivity index (χ4n) is 4.96. The summed E-state index contributed by atoms with van der Waals surface area (Å²) >= 11 is 0. The maximum absolute atomic E-state index is 13.4. The van der Waals surface area contributed by atoms with Crippen LogP contribution < -0.4 is 10.1 Å². The Hall–Kier alpha value is -3.42. The Bertz CT molecular complexity index is 1040. The van der Waals surface area contributed by atoms with Gasteiger partial charge in [0.25, 0.3) is 5.91 Å². The van der Waals surface area contributed by atoms with E-state index < -0.39 is 17.8 Å². The molecular weight excluding hydrogens is 439 g/mol. The molecule has 1 aliphatic heterocycles. The second-order valence-electron chi connectivity index (χ2n) is 8.69. The number of benzene rings is 2. The van der Waals surface area contributed by atoms with Gasteiger partial charge in [-0.25, -0.2) is 9.18 Å². The van der Waals surface area contributed by atoms with E-state index >= 15 is 0 Å². The van der Waals surface area contributed by atoms with E-state index in [0.29, 0.717) is 23.4 Å². The first-order chi connectivity index (χ1) is 16.5. The van der Waals surface area contributed by atoms with Crippen LogP contribution in [0.4, 0.5) is 10.1 Å². The smallest absolute Gasteiger partial charge is 0.344 e. The van der Waals surface area contributed by atoms with Gasteiger partial charge in [0.05, 0.1) is 6.61 Å². The highest BCUT2D eigenvalue weighted by molar-refractivity contribution is 6.02. The van der Waals surface area contributed by atoms with Crippen LogP contribution in [0.2, 0.25) is 0 Å². The van der Waals surface area contributed by atoms with Gasteiger partial charge in [0, 0.05) is 23.4 Å². The van der Waals surface area contributed by atoms with E-state index in [4.69, 9.17) is 9.47 Å². The lowest BCUT2D eigenvalue weighted by Gasteiger charge is -2.33. The molecule has 3 atom stereocenters. The first-order valence-electron chi connectivity index (χ1n) is 11.7. The molecule has 1 saturated heterocycles. The monoisotopic (exact) mass is 468 g/mol. The van der Waals surface area contributed by atoms with Crippen LogP contribution in [0.5, 0.6) is 5.75 Å². The number of esters is 1. The van der Waals surface area contributed by atoms with Gasteiger partial charge in [-0.1, -0.05) is 18.9 Å². The van der Waals surface area contributed by atoms with E-state index in [1.807, 2.05) is 0 Å². The topological polar surface area (TPSA) is 84.9 Å². The predicted octanol–water partition coefficient (Wildman–Crippen LogP) is 4.18. The summed E-state index contributed by atoms with van der Waals surface area (Å²) in [5, 5.41) is 2.90. The van der Waals surface area contributed by atoms with Gasteiger partial charge < -0.3 is 19.7 Å². The summed E-state index contributed by atoms with van der Waals surface area (Å²) in [5.41, 5.74) is 0.884. The first-order valence-corrected chi connectivity index (χ1v) is 11.7. The van der Waals surface area contributed by atoms with Gasteiger partial charge in [0.2, 0.25) is 5.91 Å². The molecule has 0 radical (unpaired) electrons. The summed E-state index contributed by atoms with van der Waals surface area (Å²) in [6, 6.07) is 11.6. The summed E-state index contributed by atoms with van der Waals surface area (Å²) in [6.45, 7) is 1.77. The zero-order chi connectivity index (χ0) is 24.1. The zero-order valence-corrected chi connectivity index (χ0v) is 19.2. The minimum absolute atomic E-state index is 0.00120. The highest BCUT2D eigenvalue weighted by Gasteiger charge is 2.47. The Morgan fingerprint density at radius 1 is 1.09 bits per heavy atom. The Morgan fingerprint density at radius 3 is 2.62 bits per heavy atom. The van der Waals surface area contributed by atoms with Crippen molar-refractivity contribution >= 4 is 23.5 Å². The number of hydrogen-bond acceptors (Lipinski definition) is 5. The second-order valence-corrected chi connectivity index (χ2v) is 8.69. The fourth-order valence-corrected chi connectivity index (χ4v) is 4.96. The minimum Gasteiger partial charge on any atom is -0.482 e. The summed E-state index contributed by atoms with van der Waals surface area (Å²) in [4.78, 5) is 40.0. The molecular formula is C26H29FN2O5. The molecule has 2 aliphatic rings. The van der Waals surface area contributed by atoms with E-state index in [1.165, 1.54) is 24.3 Å². The molecule has 2 aromatic rings. The van der Waals surface area contributed by atoms with E-state index in [-0.39, 0.29) is 37.0 Å². The Balaban J connectivity index is 1.49. The minimum atomic E-state index is -0.616. The van der Waals surface area contributed by atoms with Crippen LogP contribution in [0.15, 0.2) is 48.5 Å². The number of nitrogens with zero attached hydrogens (tertiary/aromatic N) is 1. The summed E-state index contributed by atoms with van der Waals surface area (Å²) < 4.78 is 23.7. The number of carbonyl (C=O) groups excluding carboxylic acids is 3. The van der Waals surface area contributed by atoms with Crippen molar-refractivity contribution in [3.63, 3.8) is 0 Å². The number of nitrogens with one attached hydrogen (secondary N) is 1. The predicted molar refractivity (Wildman–Crippen MR) is 124 cm³/mol. The maximum atomic E-state index is 13.4. The van der Waals surface area contributed by atoms with Crippen molar-refractivity contribution in [1.82, 2.24) is 4.90 Å². The maximum Gasteiger partial charge on any atom is 0.344 e. The Morgan fingerprint density at radius 2 is 1.85 bits per heavy atom. The molecule has 0 aromatic heterocycles. The van der Waals surface area contributed by atoms with E-state index in [2.05, 4.69) is 5.32 Å². The number of hydrogen-bond donors (Lipinski definition) is 1. The lowest BCUT2D eigenvalue weighted by molar-refractivity contribution is -0.145. The third kappa shape index (κ3) is 5.38. The number of amides is 2. The lowest BCUT2D eigenvalue weighted by atomic mass is 9.84. The number of halogens is 1. The summed E-state index contributed by atoms with van der Waals surface area (Å²) in [5.74, 6) is -0.708. The van der Waals surface area contributed by atoms with Crippen LogP contribution in [-0.2, 0) is 14.3 Å². The molecule has 8 heteroatoms. The van der Waals surface area contributed by atoms with Crippen LogP contribution in [-0.4, -0.2) is 48.0 Å². The van der Waals surface area contributed by atoms with E-state index in [9.17, 15) is 18.8 Å². The molecule has 1 aliphatic carbocycles. The summed E-state index contributed by atoms with van der Waals surface area (Å²) in [7, 11) is 0. The van der Waals surface area contributed by atoms with Gasteiger partial charge in [-0.2, -0.15) is 0 Å². The average Bonchev–Trinajstić information content (AvgIpc) is 3.23.